The molecule has 2 aromatic rings. The molecule has 0 spiro atoms. The Bertz CT molecular complexity index is 1480. The van der Waals surface area contributed by atoms with Gasteiger partial charge in [-0.1, -0.05) is 12.1 Å². The molecule has 0 radical (unpaired) electrons. The molecule has 16 heteroatoms. The van der Waals surface area contributed by atoms with Gasteiger partial charge in [0.2, 0.25) is 6.79 Å². The molecule has 1 aromatic heterocycles. The number of nitrogens with zero attached hydrogens (tertiary/aromatic N) is 3. The van der Waals surface area contributed by atoms with E-state index in [1.54, 1.807) is 20.8 Å². The van der Waals surface area contributed by atoms with Crippen molar-refractivity contribution in [2.24, 2.45) is 5.41 Å². The number of ether oxygens (including phenoxy) is 3. The Balaban J connectivity index is 2.04. The van der Waals surface area contributed by atoms with Crippen molar-refractivity contribution in [2.45, 2.75) is 69.8 Å². The van der Waals surface area contributed by atoms with Crippen LogP contribution in [0.5, 0.6) is 5.75 Å². The highest BCUT2D eigenvalue weighted by molar-refractivity contribution is 8.01. The Morgan fingerprint density at radius 2 is 1.75 bits per heavy atom. The van der Waals surface area contributed by atoms with Gasteiger partial charge in [0.1, 0.15) is 22.1 Å². The van der Waals surface area contributed by atoms with E-state index in [1.165, 1.54) is 61.9 Å². The van der Waals surface area contributed by atoms with Crippen LogP contribution in [0.3, 0.4) is 0 Å². The molecular formula is C28H39N5O9S2. The van der Waals surface area contributed by atoms with Crippen LogP contribution in [-0.2, 0) is 40.3 Å². The van der Waals surface area contributed by atoms with Crippen LogP contribution in [0.25, 0.3) is 0 Å². The number of hydrogen-bond acceptors (Lipinski definition) is 12. The standard InChI is InChI=1S/C28H39N5O9S2/c1-17-21(14-29-31-17)44(38,39)33(23(34)22-30-28(5,6)15-43-22)20(24(35)40-16-41-25(36)27(2,3)4)13-18-9-11-19(12-10-18)42-26(37)32(7)8/h9-12,14,20,22,30H,13,15-16H2,1-8H3,(H,29,31)/t20-,22-/m0/s1. The first-order valence-corrected chi connectivity index (χ1v) is 16.1. The molecule has 0 unspecified atom stereocenters. The lowest BCUT2D eigenvalue weighted by atomic mass is 9.98. The first kappa shape index (κ1) is 34.9. The molecule has 3 rings (SSSR count). The molecule has 1 saturated heterocycles. The molecule has 0 saturated carbocycles. The van der Waals surface area contributed by atoms with Crippen LogP contribution in [0.4, 0.5) is 4.79 Å². The van der Waals surface area contributed by atoms with E-state index < -0.39 is 63.1 Å². The lowest BCUT2D eigenvalue weighted by Crippen LogP contribution is -2.56. The van der Waals surface area contributed by atoms with Crippen LogP contribution >= 0.6 is 11.8 Å². The maximum absolute atomic E-state index is 14.1. The Labute approximate surface area is 261 Å². The average molecular weight is 654 g/mol. The van der Waals surface area contributed by atoms with Gasteiger partial charge in [-0.25, -0.2) is 22.3 Å². The molecule has 1 fully saturated rings. The number of aromatic amines is 1. The molecule has 1 aromatic carbocycles. The zero-order chi connectivity index (χ0) is 33.0. The highest BCUT2D eigenvalue weighted by Gasteiger charge is 2.47. The summed E-state index contributed by atoms with van der Waals surface area (Å²) in [6.07, 6.45) is 0.217. The molecule has 2 amide bonds. The number of nitrogens with one attached hydrogen (secondary N) is 2. The third-order valence-electron chi connectivity index (χ3n) is 6.38. The Hall–Kier alpha value is -3.63. The lowest BCUT2D eigenvalue weighted by molar-refractivity contribution is -0.176. The van der Waals surface area contributed by atoms with Gasteiger partial charge >= 0.3 is 18.0 Å². The monoisotopic (exact) mass is 653 g/mol. The summed E-state index contributed by atoms with van der Waals surface area (Å²) >= 11 is 1.21. The summed E-state index contributed by atoms with van der Waals surface area (Å²) in [6, 6.07) is 4.30. The van der Waals surface area contributed by atoms with Crippen LogP contribution in [0, 0.1) is 12.3 Å². The van der Waals surface area contributed by atoms with Gasteiger partial charge in [-0.05, 0) is 59.2 Å². The van der Waals surface area contributed by atoms with Crippen molar-refractivity contribution in [3.8, 4) is 5.75 Å². The molecule has 2 N–H and O–H groups in total. The first-order chi connectivity index (χ1) is 20.3. The van der Waals surface area contributed by atoms with Crippen molar-refractivity contribution in [1.82, 2.24) is 24.7 Å². The molecule has 0 aliphatic carbocycles. The minimum Gasteiger partial charge on any atom is -0.427 e. The SMILES string of the molecule is Cc1n[nH]cc1S(=O)(=O)N(C(=O)[C@H]1NC(C)(C)CS1)[C@@H](Cc1ccc(OC(=O)N(C)C)cc1)C(=O)OCOC(=O)C(C)(C)C. The quantitative estimate of drug-likeness (QED) is 0.283. The second-order valence-corrected chi connectivity index (χ2v) is 15.0. The zero-order valence-corrected chi connectivity index (χ0v) is 27.6. The third-order valence-corrected chi connectivity index (χ3v) is 9.84. The molecule has 0 bridgehead atoms. The van der Waals surface area contributed by atoms with E-state index in [9.17, 15) is 27.6 Å². The van der Waals surface area contributed by atoms with Gasteiger partial charge in [-0.3, -0.25) is 20.0 Å². The summed E-state index contributed by atoms with van der Waals surface area (Å²) < 4.78 is 44.3. The van der Waals surface area contributed by atoms with E-state index in [2.05, 4.69) is 15.5 Å². The molecule has 14 nitrogen and oxygen atoms in total. The highest BCUT2D eigenvalue weighted by Crippen LogP contribution is 2.32. The maximum atomic E-state index is 14.1. The van der Waals surface area contributed by atoms with E-state index >= 15 is 0 Å². The predicted octanol–water partition coefficient (Wildman–Crippen LogP) is 2.44. The normalized spacial score (nSPS) is 17.0. The highest BCUT2D eigenvalue weighted by atomic mass is 32.2. The van der Waals surface area contributed by atoms with Crippen LogP contribution < -0.4 is 10.1 Å². The number of rotatable bonds is 10. The Kier molecular flexibility index (Phi) is 10.7. The molecule has 2 heterocycles. The molecule has 1 aliphatic rings. The van der Waals surface area contributed by atoms with Crippen LogP contribution in [0.15, 0.2) is 35.4 Å². The van der Waals surface area contributed by atoms with Gasteiger partial charge in [0.25, 0.3) is 15.9 Å². The number of sulfonamides is 1. The minimum atomic E-state index is -4.67. The fourth-order valence-electron chi connectivity index (χ4n) is 3.96. The number of esters is 2. The van der Waals surface area contributed by atoms with Crippen molar-refractivity contribution >= 4 is 45.7 Å². The van der Waals surface area contributed by atoms with Gasteiger partial charge in [0.05, 0.1) is 11.1 Å². The fourth-order valence-corrected chi connectivity index (χ4v) is 7.02. The minimum absolute atomic E-state index is 0.0912. The average Bonchev–Trinajstić information content (AvgIpc) is 3.53. The number of carbonyl (C=O) groups excluding carboxylic acids is 4. The largest absolute Gasteiger partial charge is 0.427 e. The number of hydrogen-bond donors (Lipinski definition) is 2. The Morgan fingerprint density at radius 3 is 2.25 bits per heavy atom. The van der Waals surface area contributed by atoms with Crippen molar-refractivity contribution in [2.75, 3.05) is 26.6 Å². The summed E-state index contributed by atoms with van der Waals surface area (Å²) in [5.41, 5.74) is -0.851. The second-order valence-electron chi connectivity index (χ2n) is 12.1. The summed E-state index contributed by atoms with van der Waals surface area (Å²) in [6.45, 7) is 9.25. The molecule has 2 atom stereocenters. The number of benzene rings is 1. The fraction of sp³-hybridized carbons (Fsp3) is 0.536. The van der Waals surface area contributed by atoms with Crippen LogP contribution in [0.2, 0.25) is 0 Å². The smallest absolute Gasteiger partial charge is 0.414 e. The summed E-state index contributed by atoms with van der Waals surface area (Å²) in [5, 5.41) is 8.50. The van der Waals surface area contributed by atoms with E-state index in [-0.39, 0.29) is 22.8 Å². The van der Waals surface area contributed by atoms with Gasteiger partial charge in [0, 0.05) is 38.0 Å². The van der Waals surface area contributed by atoms with Gasteiger partial charge in [0.15, 0.2) is 0 Å². The van der Waals surface area contributed by atoms with Crippen molar-refractivity contribution < 1.29 is 41.8 Å². The number of aryl methyl sites for hydroxylation is 1. The van der Waals surface area contributed by atoms with E-state index in [1.807, 2.05) is 13.8 Å². The number of aromatic nitrogens is 2. The Morgan fingerprint density at radius 1 is 1.11 bits per heavy atom. The summed E-state index contributed by atoms with van der Waals surface area (Å²) in [4.78, 5) is 52.9. The van der Waals surface area contributed by atoms with E-state index in [0.717, 1.165) is 6.20 Å². The van der Waals surface area contributed by atoms with Crippen molar-refractivity contribution in [3.63, 3.8) is 0 Å². The van der Waals surface area contributed by atoms with Crippen LogP contribution in [-0.4, -0.2) is 95.4 Å². The van der Waals surface area contributed by atoms with Crippen molar-refractivity contribution in [3.05, 3.63) is 41.7 Å². The van der Waals surface area contributed by atoms with Crippen LogP contribution in [0.1, 0.15) is 45.9 Å². The van der Waals surface area contributed by atoms with Crippen molar-refractivity contribution in [1.29, 1.82) is 0 Å². The zero-order valence-electron chi connectivity index (χ0n) is 26.0. The van der Waals surface area contributed by atoms with E-state index in [0.29, 0.717) is 15.6 Å². The maximum Gasteiger partial charge on any atom is 0.414 e. The lowest BCUT2D eigenvalue weighted by Gasteiger charge is -2.31. The van der Waals surface area contributed by atoms with Gasteiger partial charge in [-0.2, -0.15) is 5.10 Å². The number of H-pyrrole nitrogens is 1. The molecular weight excluding hydrogens is 614 g/mol. The number of carbonyl (C=O) groups is 4. The summed E-state index contributed by atoms with van der Waals surface area (Å²) in [5.74, 6) is -1.92. The number of thioether (sulfide) groups is 1. The predicted molar refractivity (Wildman–Crippen MR) is 161 cm³/mol. The molecule has 242 valence electrons. The summed E-state index contributed by atoms with van der Waals surface area (Å²) in [7, 11) is -1.62. The van der Waals surface area contributed by atoms with Gasteiger partial charge in [-0.15, -0.1) is 11.8 Å². The second kappa shape index (κ2) is 13.6. The third kappa shape index (κ3) is 8.51. The first-order valence-electron chi connectivity index (χ1n) is 13.6. The van der Waals surface area contributed by atoms with E-state index in [4.69, 9.17) is 14.2 Å². The topological polar surface area (TPSA) is 177 Å². The van der Waals surface area contributed by atoms with Gasteiger partial charge < -0.3 is 19.1 Å². The molecule has 1 aliphatic heterocycles. The number of amides is 2. The molecule has 44 heavy (non-hydrogen) atoms.